The molecule has 4 fully saturated rings. The lowest BCUT2D eigenvalue weighted by molar-refractivity contribution is -0.105. The Morgan fingerprint density at radius 2 is 2.14 bits per heavy atom. The molecule has 0 radical (unpaired) electrons. The SMILES string of the molecule is C[C@H]1C(Nc2cnn(C3CCCCO3)c(=O)c2OC(F)F)CC2CC1C2(C)C. The van der Waals surface area contributed by atoms with Crippen LogP contribution < -0.4 is 15.6 Å². The lowest BCUT2D eigenvalue weighted by Gasteiger charge is -2.62. The second-order valence-corrected chi connectivity index (χ2v) is 9.04. The predicted molar refractivity (Wildman–Crippen MR) is 101 cm³/mol. The van der Waals surface area contributed by atoms with Crippen LogP contribution in [0.3, 0.4) is 0 Å². The third-order valence-electron chi connectivity index (χ3n) is 7.29. The molecule has 1 N–H and O–H groups in total. The molecule has 4 unspecified atom stereocenters. The van der Waals surface area contributed by atoms with Crippen molar-refractivity contribution in [1.29, 1.82) is 0 Å². The van der Waals surface area contributed by atoms with Crippen LogP contribution in [0.5, 0.6) is 5.75 Å². The summed E-state index contributed by atoms with van der Waals surface area (Å²) in [5.41, 5.74) is -0.112. The van der Waals surface area contributed by atoms with Crippen LogP contribution in [0.2, 0.25) is 0 Å². The molecule has 156 valence electrons. The molecule has 0 amide bonds. The van der Waals surface area contributed by atoms with Gasteiger partial charge in [0.05, 0.1) is 6.20 Å². The summed E-state index contributed by atoms with van der Waals surface area (Å²) in [5.74, 6) is 1.20. The van der Waals surface area contributed by atoms with E-state index in [4.69, 9.17) is 4.74 Å². The van der Waals surface area contributed by atoms with Gasteiger partial charge in [-0.1, -0.05) is 20.8 Å². The van der Waals surface area contributed by atoms with Gasteiger partial charge in [0.15, 0.2) is 6.23 Å². The Labute approximate surface area is 163 Å². The summed E-state index contributed by atoms with van der Waals surface area (Å²) in [7, 11) is 0. The number of nitrogens with zero attached hydrogens (tertiary/aromatic N) is 2. The number of ether oxygens (including phenoxy) is 2. The van der Waals surface area contributed by atoms with E-state index in [0.29, 0.717) is 36.2 Å². The average molecular weight is 397 g/mol. The van der Waals surface area contributed by atoms with Crippen molar-refractivity contribution in [2.75, 3.05) is 11.9 Å². The number of hydrogen-bond donors (Lipinski definition) is 1. The van der Waals surface area contributed by atoms with Gasteiger partial charge < -0.3 is 14.8 Å². The Morgan fingerprint density at radius 1 is 1.36 bits per heavy atom. The molecule has 4 aliphatic rings. The van der Waals surface area contributed by atoms with Crippen molar-refractivity contribution in [3.05, 3.63) is 16.6 Å². The summed E-state index contributed by atoms with van der Waals surface area (Å²) >= 11 is 0. The van der Waals surface area contributed by atoms with E-state index in [0.717, 1.165) is 23.9 Å². The zero-order chi connectivity index (χ0) is 20.1. The zero-order valence-corrected chi connectivity index (χ0v) is 16.7. The molecule has 3 saturated carbocycles. The second-order valence-electron chi connectivity index (χ2n) is 9.04. The Kier molecular flexibility index (Phi) is 5.10. The van der Waals surface area contributed by atoms with Gasteiger partial charge >= 0.3 is 12.2 Å². The number of halogens is 2. The molecule has 28 heavy (non-hydrogen) atoms. The van der Waals surface area contributed by atoms with Crippen LogP contribution in [0.1, 0.15) is 59.1 Å². The first-order valence-electron chi connectivity index (χ1n) is 10.2. The molecule has 2 heterocycles. The maximum atomic E-state index is 13.0. The molecule has 1 aromatic heterocycles. The number of alkyl halides is 2. The Morgan fingerprint density at radius 3 is 2.75 bits per heavy atom. The van der Waals surface area contributed by atoms with Crippen LogP contribution in [-0.2, 0) is 4.74 Å². The molecule has 3 aliphatic carbocycles. The number of aromatic nitrogens is 2. The standard InChI is InChI=1S/C20H29F2N3O3/c1-11-13-8-12(20(13,2)3)9-14(11)24-15-10-23-25(16-6-4-5-7-27-16)18(26)17(15)28-19(21)22/h10-14,16,19,24H,4-9H2,1-3H3/t11-,12?,13?,14?,16?/m1/s1. The van der Waals surface area contributed by atoms with Crippen LogP contribution in [0.4, 0.5) is 14.5 Å². The number of anilines is 1. The van der Waals surface area contributed by atoms with Crippen molar-refractivity contribution in [2.24, 2.45) is 23.2 Å². The van der Waals surface area contributed by atoms with E-state index in [1.54, 1.807) is 0 Å². The Bertz CT molecular complexity index is 776. The number of rotatable bonds is 5. The normalized spacial score (nSPS) is 34.0. The first kappa shape index (κ1) is 19.6. The van der Waals surface area contributed by atoms with E-state index < -0.39 is 18.4 Å². The fourth-order valence-electron chi connectivity index (χ4n) is 5.42. The summed E-state index contributed by atoms with van der Waals surface area (Å²) in [6.45, 7) is 4.25. The van der Waals surface area contributed by atoms with Gasteiger partial charge in [0.1, 0.15) is 5.69 Å². The van der Waals surface area contributed by atoms with Crippen LogP contribution in [-0.4, -0.2) is 29.0 Å². The fourth-order valence-corrected chi connectivity index (χ4v) is 5.42. The summed E-state index contributed by atoms with van der Waals surface area (Å²) in [5, 5.41) is 7.51. The molecule has 1 saturated heterocycles. The molecular weight excluding hydrogens is 368 g/mol. The van der Waals surface area contributed by atoms with Crippen molar-refractivity contribution in [1.82, 2.24) is 9.78 Å². The van der Waals surface area contributed by atoms with Crippen molar-refractivity contribution < 1.29 is 18.3 Å². The number of fused-ring (bicyclic) bond motifs is 2. The van der Waals surface area contributed by atoms with E-state index in [9.17, 15) is 13.6 Å². The molecule has 0 aromatic carbocycles. The highest BCUT2D eigenvalue weighted by atomic mass is 19.3. The summed E-state index contributed by atoms with van der Waals surface area (Å²) in [4.78, 5) is 12.8. The van der Waals surface area contributed by atoms with Crippen LogP contribution in [0, 0.1) is 23.2 Å². The third kappa shape index (κ3) is 3.29. The summed E-state index contributed by atoms with van der Waals surface area (Å²) in [6.07, 6.45) is 5.52. The van der Waals surface area contributed by atoms with Crippen molar-refractivity contribution >= 4 is 5.69 Å². The minimum atomic E-state index is -3.08. The first-order chi connectivity index (χ1) is 13.3. The molecule has 5 atom stereocenters. The molecule has 1 aromatic rings. The summed E-state index contributed by atoms with van der Waals surface area (Å²) in [6, 6.07) is 0.111. The van der Waals surface area contributed by atoms with Gasteiger partial charge in [0.25, 0.3) is 0 Å². The van der Waals surface area contributed by atoms with E-state index in [2.05, 4.69) is 35.9 Å². The molecule has 8 heteroatoms. The molecule has 1 aliphatic heterocycles. The minimum Gasteiger partial charge on any atom is -0.427 e. The van der Waals surface area contributed by atoms with Gasteiger partial charge in [-0.15, -0.1) is 0 Å². The molecular formula is C20H29F2N3O3. The maximum absolute atomic E-state index is 13.0. The average Bonchev–Trinajstić information content (AvgIpc) is 2.66. The number of nitrogens with one attached hydrogen (secondary N) is 1. The van der Waals surface area contributed by atoms with E-state index >= 15 is 0 Å². The van der Waals surface area contributed by atoms with Gasteiger partial charge in [-0.3, -0.25) is 4.79 Å². The van der Waals surface area contributed by atoms with Gasteiger partial charge in [0.2, 0.25) is 5.75 Å². The third-order valence-corrected chi connectivity index (χ3v) is 7.29. The summed E-state index contributed by atoms with van der Waals surface area (Å²) < 4.78 is 37.4. The quantitative estimate of drug-likeness (QED) is 0.813. The zero-order valence-electron chi connectivity index (χ0n) is 16.7. The molecule has 5 rings (SSSR count). The fraction of sp³-hybridized carbons (Fsp3) is 0.800. The number of hydrogen-bond acceptors (Lipinski definition) is 5. The highest BCUT2D eigenvalue weighted by Crippen LogP contribution is 2.61. The minimum absolute atomic E-state index is 0.111. The largest absolute Gasteiger partial charge is 0.427 e. The highest BCUT2D eigenvalue weighted by Gasteiger charge is 2.56. The van der Waals surface area contributed by atoms with E-state index in [-0.39, 0.29) is 17.5 Å². The lowest BCUT2D eigenvalue weighted by Crippen LogP contribution is -2.58. The van der Waals surface area contributed by atoms with Crippen LogP contribution >= 0.6 is 0 Å². The smallest absolute Gasteiger partial charge is 0.387 e. The maximum Gasteiger partial charge on any atom is 0.387 e. The first-order valence-corrected chi connectivity index (χ1v) is 10.2. The molecule has 2 bridgehead atoms. The topological polar surface area (TPSA) is 65.4 Å². The van der Waals surface area contributed by atoms with E-state index in [1.165, 1.54) is 12.6 Å². The monoisotopic (exact) mass is 397 g/mol. The van der Waals surface area contributed by atoms with Gasteiger partial charge in [-0.25, -0.2) is 0 Å². The van der Waals surface area contributed by atoms with Gasteiger partial charge in [-0.05, 0) is 55.3 Å². The lowest BCUT2D eigenvalue weighted by atomic mass is 9.45. The molecule has 0 spiro atoms. The molecule has 6 nitrogen and oxygen atoms in total. The second kappa shape index (κ2) is 7.28. The Balaban J connectivity index is 1.60. The Hall–Kier alpha value is -1.70. The van der Waals surface area contributed by atoms with Crippen molar-refractivity contribution in [3.8, 4) is 5.75 Å². The van der Waals surface area contributed by atoms with E-state index in [1.807, 2.05) is 0 Å². The van der Waals surface area contributed by atoms with Gasteiger partial charge in [-0.2, -0.15) is 18.6 Å². The van der Waals surface area contributed by atoms with Crippen molar-refractivity contribution in [2.45, 2.75) is 71.8 Å². The van der Waals surface area contributed by atoms with Crippen LogP contribution in [0.25, 0.3) is 0 Å². The predicted octanol–water partition coefficient (Wildman–Crippen LogP) is 4.03. The van der Waals surface area contributed by atoms with Crippen molar-refractivity contribution in [3.63, 3.8) is 0 Å². The van der Waals surface area contributed by atoms with Gasteiger partial charge in [0, 0.05) is 12.6 Å². The highest BCUT2D eigenvalue weighted by molar-refractivity contribution is 5.54. The van der Waals surface area contributed by atoms with Crippen LogP contribution in [0.15, 0.2) is 11.0 Å².